The first-order valence-electron chi connectivity index (χ1n) is 5.18. The van der Waals surface area contributed by atoms with Gasteiger partial charge in [0.05, 0.1) is 12.7 Å². The van der Waals surface area contributed by atoms with Crippen LogP contribution in [0, 0.1) is 11.3 Å². The van der Waals surface area contributed by atoms with Crippen molar-refractivity contribution in [3.05, 3.63) is 42.1 Å². The first kappa shape index (κ1) is 9.67. The summed E-state index contributed by atoms with van der Waals surface area (Å²) in [6, 6.07) is 5.80. The molecule has 17 heavy (non-hydrogen) atoms. The number of pyridine rings is 1. The third-order valence-electron chi connectivity index (χ3n) is 2.77. The summed E-state index contributed by atoms with van der Waals surface area (Å²) in [5.41, 5.74) is 2.39. The van der Waals surface area contributed by atoms with E-state index in [-0.39, 0.29) is 0 Å². The number of hydrogen-bond donors (Lipinski definition) is 0. The van der Waals surface area contributed by atoms with Crippen LogP contribution in [0.25, 0.3) is 16.7 Å². The van der Waals surface area contributed by atoms with Gasteiger partial charge in [-0.15, -0.1) is 0 Å². The van der Waals surface area contributed by atoms with Crippen molar-refractivity contribution in [2.75, 3.05) is 7.11 Å². The highest BCUT2D eigenvalue weighted by Gasteiger charge is 2.13. The third-order valence-corrected chi connectivity index (χ3v) is 2.77. The molecule has 0 N–H and O–H groups in total. The van der Waals surface area contributed by atoms with Crippen LogP contribution in [-0.4, -0.2) is 16.7 Å². The van der Waals surface area contributed by atoms with Crippen molar-refractivity contribution < 1.29 is 4.74 Å². The van der Waals surface area contributed by atoms with Gasteiger partial charge in [0.1, 0.15) is 11.7 Å². The summed E-state index contributed by atoms with van der Waals surface area (Å²) >= 11 is 0. The summed E-state index contributed by atoms with van der Waals surface area (Å²) in [4.78, 5) is 4.38. The minimum atomic E-state index is 0.547. The van der Waals surface area contributed by atoms with Crippen molar-refractivity contribution in [2.24, 2.45) is 0 Å². The number of nitriles is 1. The minimum absolute atomic E-state index is 0.547. The van der Waals surface area contributed by atoms with Gasteiger partial charge in [0.2, 0.25) is 5.88 Å². The molecular weight excluding hydrogens is 214 g/mol. The maximum absolute atomic E-state index is 9.09. The highest BCUT2D eigenvalue weighted by atomic mass is 16.5. The van der Waals surface area contributed by atoms with Crippen LogP contribution >= 0.6 is 0 Å². The molecule has 2 aromatic heterocycles. The summed E-state index contributed by atoms with van der Waals surface area (Å²) in [6.45, 7) is 0. The molecule has 0 fully saturated rings. The second kappa shape index (κ2) is 3.49. The maximum atomic E-state index is 9.09. The second-order valence-electron chi connectivity index (χ2n) is 3.70. The lowest BCUT2D eigenvalue weighted by atomic mass is 10.2. The summed E-state index contributed by atoms with van der Waals surface area (Å²) < 4.78 is 7.01. The van der Waals surface area contributed by atoms with E-state index in [0.29, 0.717) is 11.4 Å². The molecule has 3 rings (SSSR count). The largest absolute Gasteiger partial charge is 0.481 e. The van der Waals surface area contributed by atoms with E-state index >= 15 is 0 Å². The first-order chi connectivity index (χ1) is 8.33. The second-order valence-corrected chi connectivity index (χ2v) is 3.70. The van der Waals surface area contributed by atoms with Crippen molar-refractivity contribution >= 4 is 16.7 Å². The number of methoxy groups -OCH3 is 1. The number of allylic oxidation sites excluding steroid dienone is 4. The summed E-state index contributed by atoms with van der Waals surface area (Å²) in [6.07, 6.45) is 7.70. The topological polar surface area (TPSA) is 50.8 Å². The van der Waals surface area contributed by atoms with Crippen molar-refractivity contribution in [3.63, 3.8) is 0 Å². The standard InChI is InChI=1S/C13H9N3O/c1-17-12-6-5-11-9(7-14)8-16(13(11)15-12)10-3-2-4-10/h2-6,8H,1H3. The Kier molecular flexibility index (Phi) is 1.99. The van der Waals surface area contributed by atoms with Crippen LogP contribution in [0.15, 0.2) is 36.6 Å². The zero-order valence-corrected chi connectivity index (χ0v) is 9.21. The van der Waals surface area contributed by atoms with Gasteiger partial charge in [-0.3, -0.25) is 4.57 Å². The van der Waals surface area contributed by atoms with E-state index < -0.39 is 0 Å². The van der Waals surface area contributed by atoms with E-state index in [9.17, 15) is 0 Å². The normalized spacial score (nSPS) is 13.1. The molecule has 0 bridgehead atoms. The molecule has 0 saturated heterocycles. The molecule has 0 spiro atoms. The van der Waals surface area contributed by atoms with E-state index in [1.165, 1.54) is 0 Å². The number of ether oxygens (including phenoxy) is 1. The number of nitrogens with zero attached hydrogens (tertiary/aromatic N) is 3. The van der Waals surface area contributed by atoms with Gasteiger partial charge in [-0.2, -0.15) is 10.2 Å². The van der Waals surface area contributed by atoms with Crippen molar-refractivity contribution in [3.8, 4) is 11.9 Å². The van der Waals surface area contributed by atoms with Crippen molar-refractivity contribution in [2.45, 2.75) is 0 Å². The van der Waals surface area contributed by atoms with Gasteiger partial charge in [0, 0.05) is 23.3 Å². The van der Waals surface area contributed by atoms with Gasteiger partial charge < -0.3 is 4.74 Å². The molecule has 4 heteroatoms. The van der Waals surface area contributed by atoms with Crippen LogP contribution < -0.4 is 4.74 Å². The van der Waals surface area contributed by atoms with E-state index in [0.717, 1.165) is 16.7 Å². The zero-order chi connectivity index (χ0) is 11.8. The quantitative estimate of drug-likeness (QED) is 0.785. The SMILES string of the molecule is COc1ccc2c(C#N)cn(C3=CC=C3)c2n1. The van der Waals surface area contributed by atoms with Gasteiger partial charge in [0.25, 0.3) is 0 Å². The molecule has 2 aromatic rings. The molecule has 0 atom stereocenters. The summed E-state index contributed by atoms with van der Waals surface area (Å²) in [5, 5.41) is 9.93. The first-order valence-corrected chi connectivity index (χ1v) is 5.18. The lowest BCUT2D eigenvalue weighted by Crippen LogP contribution is -1.98. The Hall–Kier alpha value is -2.54. The fourth-order valence-electron chi connectivity index (χ4n) is 1.83. The fourth-order valence-corrected chi connectivity index (χ4v) is 1.83. The van der Waals surface area contributed by atoms with Gasteiger partial charge in [-0.05, 0) is 18.2 Å². The molecule has 2 heterocycles. The monoisotopic (exact) mass is 223 g/mol. The fraction of sp³-hybridized carbons (Fsp3) is 0.0769. The zero-order valence-electron chi connectivity index (χ0n) is 9.21. The van der Waals surface area contributed by atoms with E-state index in [1.54, 1.807) is 19.4 Å². The van der Waals surface area contributed by atoms with Crippen LogP contribution in [0.1, 0.15) is 5.56 Å². The van der Waals surface area contributed by atoms with Crippen LogP contribution in [0.4, 0.5) is 0 Å². The van der Waals surface area contributed by atoms with Gasteiger partial charge >= 0.3 is 0 Å². The maximum Gasteiger partial charge on any atom is 0.214 e. The average Bonchev–Trinajstić information content (AvgIpc) is 2.65. The predicted molar refractivity (Wildman–Crippen MR) is 64.4 cm³/mol. The molecule has 1 aliphatic carbocycles. The van der Waals surface area contributed by atoms with Gasteiger partial charge in [0.15, 0.2) is 0 Å². The Morgan fingerprint density at radius 2 is 2.24 bits per heavy atom. The van der Waals surface area contributed by atoms with E-state index in [4.69, 9.17) is 10.00 Å². The number of rotatable bonds is 2. The van der Waals surface area contributed by atoms with Crippen molar-refractivity contribution in [1.29, 1.82) is 5.26 Å². The Balaban J connectivity index is 2.30. The smallest absolute Gasteiger partial charge is 0.214 e. The Morgan fingerprint density at radius 1 is 1.41 bits per heavy atom. The van der Waals surface area contributed by atoms with Crippen LogP contribution in [-0.2, 0) is 0 Å². The highest BCUT2D eigenvalue weighted by Crippen LogP contribution is 2.27. The molecule has 4 nitrogen and oxygen atoms in total. The molecule has 0 aromatic carbocycles. The number of aromatic nitrogens is 2. The van der Waals surface area contributed by atoms with E-state index in [2.05, 4.69) is 11.1 Å². The van der Waals surface area contributed by atoms with E-state index in [1.807, 2.05) is 28.9 Å². The molecule has 0 unspecified atom stereocenters. The summed E-state index contributed by atoms with van der Waals surface area (Å²) in [7, 11) is 1.58. The van der Waals surface area contributed by atoms with Crippen LogP contribution in [0.3, 0.4) is 0 Å². The number of fused-ring (bicyclic) bond motifs is 1. The molecule has 82 valence electrons. The van der Waals surface area contributed by atoms with Crippen LogP contribution in [0.5, 0.6) is 5.88 Å². The molecule has 0 aliphatic heterocycles. The number of hydrogen-bond acceptors (Lipinski definition) is 3. The Morgan fingerprint density at radius 3 is 2.82 bits per heavy atom. The Bertz CT molecular complexity index is 701. The van der Waals surface area contributed by atoms with Crippen LogP contribution in [0.2, 0.25) is 0 Å². The lowest BCUT2D eigenvalue weighted by molar-refractivity contribution is 0.399. The molecule has 0 radical (unpaired) electrons. The third kappa shape index (κ3) is 1.33. The molecule has 0 saturated carbocycles. The Labute approximate surface area is 98.1 Å². The average molecular weight is 223 g/mol. The highest BCUT2D eigenvalue weighted by molar-refractivity contribution is 5.88. The molecule has 0 amide bonds. The minimum Gasteiger partial charge on any atom is -0.481 e. The van der Waals surface area contributed by atoms with Crippen molar-refractivity contribution in [1.82, 2.24) is 9.55 Å². The van der Waals surface area contributed by atoms with Gasteiger partial charge in [-0.1, -0.05) is 6.08 Å². The lowest BCUT2D eigenvalue weighted by Gasteiger charge is -2.09. The predicted octanol–water partition coefficient (Wildman–Crippen LogP) is 2.33. The molecule has 1 aliphatic rings. The van der Waals surface area contributed by atoms with Gasteiger partial charge in [-0.25, -0.2) is 0 Å². The molecular formula is C13H9N3O. The summed E-state index contributed by atoms with van der Waals surface area (Å²) in [5.74, 6) is 0.547.